The molecule has 0 saturated heterocycles. The summed E-state index contributed by atoms with van der Waals surface area (Å²) < 4.78 is 67.8. The number of fused-ring (bicyclic) bond motifs is 5. The lowest BCUT2D eigenvalue weighted by Crippen LogP contribution is -2.29. The maximum absolute atomic E-state index is 12.8. The van der Waals surface area contributed by atoms with Crippen molar-refractivity contribution in [3.8, 4) is 11.4 Å². The van der Waals surface area contributed by atoms with Gasteiger partial charge in [-0.05, 0) is 23.3 Å². The van der Waals surface area contributed by atoms with Gasteiger partial charge in [0.25, 0.3) is 0 Å². The highest BCUT2D eigenvalue weighted by Gasteiger charge is 2.48. The Morgan fingerprint density at radius 1 is 0.900 bits per heavy atom. The summed E-state index contributed by atoms with van der Waals surface area (Å²) in [5.41, 5.74) is -1.57. The highest BCUT2D eigenvalue weighted by molar-refractivity contribution is 7.88. The van der Waals surface area contributed by atoms with Crippen LogP contribution in [0.5, 0.6) is 5.75 Å². The van der Waals surface area contributed by atoms with Crippen LogP contribution >= 0.6 is 0 Å². The second-order valence-corrected chi connectivity index (χ2v) is 9.38. The summed E-state index contributed by atoms with van der Waals surface area (Å²) in [6.45, 7) is 4.07. The summed E-state index contributed by atoms with van der Waals surface area (Å²) in [4.78, 5) is 0. The van der Waals surface area contributed by atoms with E-state index in [0.29, 0.717) is 5.69 Å². The van der Waals surface area contributed by atoms with E-state index in [9.17, 15) is 21.6 Å². The molecule has 1 aliphatic rings. The molecule has 0 atom stereocenters. The van der Waals surface area contributed by atoms with Gasteiger partial charge in [0.1, 0.15) is 5.75 Å². The molecule has 1 aromatic heterocycles. The van der Waals surface area contributed by atoms with E-state index in [-0.39, 0.29) is 5.75 Å². The maximum Gasteiger partial charge on any atom is 0.534 e. The lowest BCUT2D eigenvalue weighted by Gasteiger charge is -2.34. The number of alkyl halides is 3. The molecule has 0 aliphatic carbocycles. The summed E-state index contributed by atoms with van der Waals surface area (Å²) in [6, 6.07) is 18.0. The fraction of sp³-hybridized carbons (Fsp3) is 0.182. The van der Waals surface area contributed by atoms with E-state index < -0.39 is 21.0 Å². The Morgan fingerprint density at radius 2 is 1.60 bits per heavy atom. The van der Waals surface area contributed by atoms with Gasteiger partial charge in [0, 0.05) is 22.3 Å². The zero-order chi connectivity index (χ0) is 21.5. The smallest absolute Gasteiger partial charge is 0.376 e. The molecule has 154 valence electrons. The minimum Gasteiger partial charge on any atom is -0.376 e. The van der Waals surface area contributed by atoms with E-state index in [1.807, 2.05) is 60.9 Å². The number of halogens is 3. The predicted molar refractivity (Wildman–Crippen MR) is 109 cm³/mol. The van der Waals surface area contributed by atoms with Gasteiger partial charge in [-0.25, -0.2) is 0 Å². The molecule has 0 bridgehead atoms. The lowest BCUT2D eigenvalue weighted by molar-refractivity contribution is -0.0500. The van der Waals surface area contributed by atoms with Crippen LogP contribution in [0.25, 0.3) is 27.5 Å². The van der Waals surface area contributed by atoms with Gasteiger partial charge in [-0.3, -0.25) is 0 Å². The Balaban J connectivity index is 1.84. The fourth-order valence-corrected chi connectivity index (χ4v) is 4.82. The van der Waals surface area contributed by atoms with Crippen LogP contribution < -0.4 is 4.18 Å². The monoisotopic (exact) mass is 431 g/mol. The van der Waals surface area contributed by atoms with Crippen LogP contribution in [0.15, 0.2) is 60.7 Å². The predicted octanol–water partition coefficient (Wildman–Crippen LogP) is 5.65. The van der Waals surface area contributed by atoms with Crippen LogP contribution in [0.3, 0.4) is 0 Å². The Bertz CT molecular complexity index is 1450. The first-order chi connectivity index (χ1) is 14.0. The van der Waals surface area contributed by atoms with Gasteiger partial charge in [0.2, 0.25) is 0 Å². The highest BCUT2D eigenvalue weighted by atomic mass is 32.2. The molecule has 8 heteroatoms. The number of benzene rings is 3. The van der Waals surface area contributed by atoms with E-state index in [0.717, 1.165) is 32.9 Å². The lowest BCUT2D eigenvalue weighted by atomic mass is 9.74. The van der Waals surface area contributed by atoms with Crippen LogP contribution in [-0.4, -0.2) is 18.5 Å². The Hall–Kier alpha value is -3.00. The molecular formula is C22H16F3NO3S. The maximum atomic E-state index is 12.8. The molecule has 0 radical (unpaired) electrons. The normalized spacial score (nSPS) is 15.4. The first-order valence-electron chi connectivity index (χ1n) is 9.21. The summed E-state index contributed by atoms with van der Waals surface area (Å²) in [5, 5.41) is 2.03. The van der Waals surface area contributed by atoms with Crippen molar-refractivity contribution < 1.29 is 25.8 Å². The molecule has 0 N–H and O–H groups in total. The number of hydrogen-bond donors (Lipinski definition) is 0. The Morgan fingerprint density at radius 3 is 2.33 bits per heavy atom. The van der Waals surface area contributed by atoms with Crippen molar-refractivity contribution in [2.75, 3.05) is 0 Å². The molecule has 4 nitrogen and oxygen atoms in total. The topological polar surface area (TPSA) is 48.3 Å². The van der Waals surface area contributed by atoms with E-state index in [2.05, 4.69) is 4.18 Å². The minimum absolute atomic E-state index is 0.382. The molecule has 0 saturated carbocycles. The molecule has 3 aromatic carbocycles. The molecule has 30 heavy (non-hydrogen) atoms. The first kappa shape index (κ1) is 19.0. The van der Waals surface area contributed by atoms with Crippen molar-refractivity contribution in [2.45, 2.75) is 24.8 Å². The molecule has 5 rings (SSSR count). The van der Waals surface area contributed by atoms with Gasteiger partial charge in [0.05, 0.1) is 16.7 Å². The molecule has 0 unspecified atom stereocenters. The third kappa shape index (κ3) is 2.43. The van der Waals surface area contributed by atoms with E-state index >= 15 is 0 Å². The second-order valence-electron chi connectivity index (χ2n) is 7.84. The summed E-state index contributed by atoms with van der Waals surface area (Å²) in [7, 11) is -5.76. The fourth-order valence-electron chi connectivity index (χ4n) is 4.37. The number of hydrogen-bond acceptors (Lipinski definition) is 3. The number of para-hydroxylation sites is 2. The van der Waals surface area contributed by atoms with Gasteiger partial charge in [0.15, 0.2) is 0 Å². The van der Waals surface area contributed by atoms with Crippen molar-refractivity contribution in [3.63, 3.8) is 0 Å². The molecule has 0 spiro atoms. The van der Waals surface area contributed by atoms with Gasteiger partial charge < -0.3 is 8.75 Å². The molecule has 4 aromatic rings. The molecule has 0 amide bonds. The SMILES string of the molecule is CC1(C)c2ccc(OS(=O)(=O)C(F)(F)F)cc2-n2c3ccccc3c3cccc1c32. The zero-order valence-corrected chi connectivity index (χ0v) is 16.8. The number of nitrogens with zero attached hydrogens (tertiary/aromatic N) is 1. The summed E-state index contributed by atoms with van der Waals surface area (Å²) >= 11 is 0. The van der Waals surface area contributed by atoms with Crippen molar-refractivity contribution >= 4 is 31.9 Å². The van der Waals surface area contributed by atoms with Crippen LogP contribution in [0, 0.1) is 0 Å². The standard InChI is InChI=1S/C22H16F3NO3S/c1-21(2)16-11-10-13(29-30(27,28)22(23,24)25)12-19(16)26-18-9-4-3-6-14(18)15-7-5-8-17(21)20(15)26/h3-12H,1-2H3. The largest absolute Gasteiger partial charge is 0.534 e. The molecule has 0 fully saturated rings. The third-order valence-corrected chi connectivity index (χ3v) is 6.72. The Kier molecular flexibility index (Phi) is 3.66. The molecule has 1 aliphatic heterocycles. The third-order valence-electron chi connectivity index (χ3n) is 5.74. The van der Waals surface area contributed by atoms with Crippen LogP contribution in [-0.2, 0) is 15.5 Å². The Labute approximate surface area is 170 Å². The summed E-state index contributed by atoms with van der Waals surface area (Å²) in [5.74, 6) is -0.382. The first-order valence-corrected chi connectivity index (χ1v) is 10.6. The molecular weight excluding hydrogens is 415 g/mol. The number of aromatic nitrogens is 1. The molecule has 2 heterocycles. The van der Waals surface area contributed by atoms with Crippen molar-refractivity contribution in [1.29, 1.82) is 0 Å². The van der Waals surface area contributed by atoms with E-state index in [4.69, 9.17) is 0 Å². The van der Waals surface area contributed by atoms with Crippen molar-refractivity contribution in [1.82, 2.24) is 4.57 Å². The summed E-state index contributed by atoms with van der Waals surface area (Å²) in [6.07, 6.45) is 0. The minimum atomic E-state index is -5.76. The van der Waals surface area contributed by atoms with E-state index in [1.54, 1.807) is 6.07 Å². The number of rotatable bonds is 2. The zero-order valence-electron chi connectivity index (χ0n) is 16.0. The quantitative estimate of drug-likeness (QED) is 0.304. The average Bonchev–Trinajstić information content (AvgIpc) is 3.00. The van der Waals surface area contributed by atoms with Crippen molar-refractivity contribution in [3.05, 3.63) is 71.8 Å². The highest BCUT2D eigenvalue weighted by Crippen LogP contribution is 2.48. The van der Waals surface area contributed by atoms with Gasteiger partial charge >= 0.3 is 15.6 Å². The van der Waals surface area contributed by atoms with E-state index in [1.165, 1.54) is 12.1 Å². The van der Waals surface area contributed by atoms with Gasteiger partial charge in [-0.2, -0.15) is 21.6 Å². The van der Waals surface area contributed by atoms with Crippen molar-refractivity contribution in [2.24, 2.45) is 0 Å². The average molecular weight is 431 g/mol. The van der Waals surface area contributed by atoms with Crippen LogP contribution in [0.4, 0.5) is 13.2 Å². The van der Waals surface area contributed by atoms with Crippen LogP contribution in [0.1, 0.15) is 25.0 Å². The van der Waals surface area contributed by atoms with Gasteiger partial charge in [-0.15, -0.1) is 0 Å². The van der Waals surface area contributed by atoms with Crippen LogP contribution in [0.2, 0.25) is 0 Å². The second kappa shape index (κ2) is 5.78. The van der Waals surface area contributed by atoms with Gasteiger partial charge in [-0.1, -0.05) is 56.3 Å².